The van der Waals surface area contributed by atoms with E-state index in [1.54, 1.807) is 36.4 Å². The normalized spacial score (nSPS) is 10.6. The summed E-state index contributed by atoms with van der Waals surface area (Å²) in [4.78, 5) is 11.7. The first-order valence-electron chi connectivity index (χ1n) is 5.50. The Bertz CT molecular complexity index is 611. The third-order valence-electron chi connectivity index (χ3n) is 2.33. The molecule has 0 heterocycles. The van der Waals surface area contributed by atoms with E-state index < -0.39 is 0 Å². The van der Waals surface area contributed by atoms with E-state index in [1.165, 1.54) is 18.3 Å². The standard InChI is InChI=1S/C14H10ClFN2O/c15-12-6-4-11(5-7-12)14(19)18-17-9-10-2-1-3-13(16)8-10/h1-9H,(H,18,19)/b17-9-. The molecule has 1 amide bonds. The molecule has 2 rings (SSSR count). The zero-order valence-corrected chi connectivity index (χ0v) is 10.6. The molecule has 0 aliphatic rings. The van der Waals surface area contributed by atoms with Crippen molar-refractivity contribution in [2.75, 3.05) is 0 Å². The molecule has 2 aromatic carbocycles. The van der Waals surface area contributed by atoms with Crippen LogP contribution in [-0.4, -0.2) is 12.1 Å². The van der Waals surface area contributed by atoms with Crippen LogP contribution in [0.25, 0.3) is 0 Å². The average molecular weight is 277 g/mol. The van der Waals surface area contributed by atoms with E-state index in [0.29, 0.717) is 16.1 Å². The maximum atomic E-state index is 12.9. The van der Waals surface area contributed by atoms with E-state index in [-0.39, 0.29) is 11.7 Å². The minimum Gasteiger partial charge on any atom is -0.267 e. The lowest BCUT2D eigenvalue weighted by Gasteiger charge is -1.99. The molecule has 0 saturated carbocycles. The molecule has 3 nitrogen and oxygen atoms in total. The molecule has 0 bridgehead atoms. The Morgan fingerprint density at radius 1 is 1.21 bits per heavy atom. The van der Waals surface area contributed by atoms with E-state index in [4.69, 9.17) is 11.6 Å². The van der Waals surface area contributed by atoms with Gasteiger partial charge in [0.05, 0.1) is 6.21 Å². The van der Waals surface area contributed by atoms with Crippen LogP contribution in [0.1, 0.15) is 15.9 Å². The van der Waals surface area contributed by atoms with Crippen LogP contribution in [0, 0.1) is 5.82 Å². The SMILES string of the molecule is O=C(N/N=C\c1cccc(F)c1)c1ccc(Cl)cc1. The van der Waals surface area contributed by atoms with E-state index in [9.17, 15) is 9.18 Å². The molecule has 19 heavy (non-hydrogen) atoms. The number of rotatable bonds is 3. The van der Waals surface area contributed by atoms with Crippen LogP contribution in [0.3, 0.4) is 0 Å². The second-order valence-corrected chi connectivity index (χ2v) is 4.20. The van der Waals surface area contributed by atoms with Gasteiger partial charge in [0.25, 0.3) is 5.91 Å². The Morgan fingerprint density at radius 2 is 1.95 bits per heavy atom. The van der Waals surface area contributed by atoms with Gasteiger partial charge in [-0.05, 0) is 42.0 Å². The van der Waals surface area contributed by atoms with Crippen LogP contribution >= 0.6 is 11.6 Å². The smallest absolute Gasteiger partial charge is 0.267 e. The summed E-state index contributed by atoms with van der Waals surface area (Å²) in [5.41, 5.74) is 3.36. The monoisotopic (exact) mass is 276 g/mol. The second-order valence-electron chi connectivity index (χ2n) is 3.76. The van der Waals surface area contributed by atoms with Crippen LogP contribution < -0.4 is 5.43 Å². The van der Waals surface area contributed by atoms with Crippen molar-refractivity contribution in [1.29, 1.82) is 0 Å². The Hall–Kier alpha value is -2.20. The largest absolute Gasteiger partial charge is 0.271 e. The molecule has 96 valence electrons. The number of hydrogen-bond donors (Lipinski definition) is 1. The lowest BCUT2D eigenvalue weighted by Crippen LogP contribution is -2.17. The highest BCUT2D eigenvalue weighted by Crippen LogP contribution is 2.09. The van der Waals surface area contributed by atoms with Crippen molar-refractivity contribution < 1.29 is 9.18 Å². The predicted molar refractivity (Wildman–Crippen MR) is 72.9 cm³/mol. The summed E-state index contributed by atoms with van der Waals surface area (Å²) < 4.78 is 12.9. The molecular weight excluding hydrogens is 267 g/mol. The van der Waals surface area contributed by atoms with Crippen LogP contribution in [0.2, 0.25) is 5.02 Å². The van der Waals surface area contributed by atoms with Crippen molar-refractivity contribution in [3.63, 3.8) is 0 Å². The number of nitrogens with zero attached hydrogens (tertiary/aromatic N) is 1. The molecule has 0 unspecified atom stereocenters. The summed E-state index contributed by atoms with van der Waals surface area (Å²) in [7, 11) is 0. The lowest BCUT2D eigenvalue weighted by atomic mass is 10.2. The van der Waals surface area contributed by atoms with Gasteiger partial charge in [-0.1, -0.05) is 23.7 Å². The fourth-order valence-electron chi connectivity index (χ4n) is 1.42. The fraction of sp³-hybridized carbons (Fsp3) is 0. The van der Waals surface area contributed by atoms with E-state index in [2.05, 4.69) is 10.5 Å². The van der Waals surface area contributed by atoms with Gasteiger partial charge >= 0.3 is 0 Å². The molecule has 2 aromatic rings. The highest BCUT2D eigenvalue weighted by atomic mass is 35.5. The minimum absolute atomic E-state index is 0.354. The Balaban J connectivity index is 1.98. The summed E-state index contributed by atoms with van der Waals surface area (Å²) in [5, 5.41) is 4.31. The number of carbonyl (C=O) groups is 1. The van der Waals surface area contributed by atoms with Gasteiger partial charge in [0.1, 0.15) is 5.82 Å². The minimum atomic E-state index is -0.357. The third kappa shape index (κ3) is 3.89. The summed E-state index contributed by atoms with van der Waals surface area (Å²) in [6.07, 6.45) is 1.37. The molecular formula is C14H10ClFN2O. The summed E-state index contributed by atoms with van der Waals surface area (Å²) >= 11 is 5.72. The van der Waals surface area contributed by atoms with Crippen LogP contribution in [0.4, 0.5) is 4.39 Å². The van der Waals surface area contributed by atoms with E-state index in [1.807, 2.05) is 0 Å². The Labute approximate surface area is 114 Å². The number of nitrogens with one attached hydrogen (secondary N) is 1. The zero-order valence-electron chi connectivity index (χ0n) is 9.81. The molecule has 1 N–H and O–H groups in total. The first-order chi connectivity index (χ1) is 9.15. The quantitative estimate of drug-likeness (QED) is 0.679. The van der Waals surface area contributed by atoms with Crippen LogP contribution in [0.15, 0.2) is 53.6 Å². The van der Waals surface area contributed by atoms with Crippen LogP contribution in [-0.2, 0) is 0 Å². The molecule has 0 atom stereocenters. The topological polar surface area (TPSA) is 41.5 Å². The molecule has 0 aromatic heterocycles. The van der Waals surface area contributed by atoms with Gasteiger partial charge in [0.15, 0.2) is 0 Å². The first-order valence-corrected chi connectivity index (χ1v) is 5.87. The lowest BCUT2D eigenvalue weighted by molar-refractivity contribution is 0.0955. The van der Waals surface area contributed by atoms with Crippen molar-refractivity contribution in [2.45, 2.75) is 0 Å². The number of carbonyl (C=O) groups excluding carboxylic acids is 1. The number of amides is 1. The number of halogens is 2. The summed E-state index contributed by atoms with van der Waals surface area (Å²) in [6.45, 7) is 0. The number of hydrazone groups is 1. The molecule has 0 fully saturated rings. The average Bonchev–Trinajstić information content (AvgIpc) is 2.39. The first kappa shape index (κ1) is 13.2. The van der Waals surface area contributed by atoms with Gasteiger partial charge in [-0.25, -0.2) is 9.82 Å². The molecule has 0 aliphatic carbocycles. The molecule has 0 saturated heterocycles. The molecule has 5 heteroatoms. The highest BCUT2D eigenvalue weighted by molar-refractivity contribution is 6.30. The van der Waals surface area contributed by atoms with Crippen LogP contribution in [0.5, 0.6) is 0 Å². The van der Waals surface area contributed by atoms with Crippen molar-refractivity contribution in [1.82, 2.24) is 5.43 Å². The van der Waals surface area contributed by atoms with Crippen molar-refractivity contribution >= 4 is 23.7 Å². The Kier molecular flexibility index (Phi) is 4.26. The predicted octanol–water partition coefficient (Wildman–Crippen LogP) is 3.24. The highest BCUT2D eigenvalue weighted by Gasteiger charge is 2.02. The van der Waals surface area contributed by atoms with Crippen molar-refractivity contribution in [3.05, 3.63) is 70.5 Å². The Morgan fingerprint density at radius 3 is 2.63 bits per heavy atom. The molecule has 0 aliphatic heterocycles. The molecule has 0 spiro atoms. The maximum Gasteiger partial charge on any atom is 0.271 e. The van der Waals surface area contributed by atoms with Gasteiger partial charge in [-0.3, -0.25) is 4.79 Å². The summed E-state index contributed by atoms with van der Waals surface area (Å²) in [6, 6.07) is 12.3. The van der Waals surface area contributed by atoms with Gasteiger partial charge in [-0.15, -0.1) is 0 Å². The van der Waals surface area contributed by atoms with E-state index in [0.717, 1.165) is 0 Å². The zero-order chi connectivity index (χ0) is 13.7. The van der Waals surface area contributed by atoms with Crippen molar-refractivity contribution in [2.24, 2.45) is 5.10 Å². The third-order valence-corrected chi connectivity index (χ3v) is 2.59. The number of hydrogen-bond acceptors (Lipinski definition) is 2. The molecule has 0 radical (unpaired) electrons. The second kappa shape index (κ2) is 6.11. The van der Waals surface area contributed by atoms with Gasteiger partial charge in [0, 0.05) is 10.6 Å². The van der Waals surface area contributed by atoms with Gasteiger partial charge in [0.2, 0.25) is 0 Å². The van der Waals surface area contributed by atoms with Gasteiger partial charge < -0.3 is 0 Å². The summed E-state index contributed by atoms with van der Waals surface area (Å²) in [5.74, 6) is -0.711. The maximum absolute atomic E-state index is 12.9. The fourth-order valence-corrected chi connectivity index (χ4v) is 1.54. The van der Waals surface area contributed by atoms with E-state index >= 15 is 0 Å². The van der Waals surface area contributed by atoms with Gasteiger partial charge in [-0.2, -0.15) is 5.10 Å². The van der Waals surface area contributed by atoms with Crippen molar-refractivity contribution in [3.8, 4) is 0 Å². The number of benzene rings is 2.